The van der Waals surface area contributed by atoms with Crippen molar-refractivity contribution >= 4 is 0 Å². The molecule has 0 nitrogen and oxygen atoms in total. The standard InChI is InChI=1S/C11H24.C8H18.2C3H6/c1-7-9(2)8-10(3)11(4,5)6;1-5-8(6-2)7(3)4;1-2-3-1;1-3-2/h9-10H,7-8H2,1-6H3;7-8H,5-6H2,1-4H3;1-3H2;3H,1H2,2H3. The molecule has 154 valence electrons. The van der Waals surface area contributed by atoms with Gasteiger partial charge in [-0.15, -0.1) is 6.58 Å². The van der Waals surface area contributed by atoms with Crippen LogP contribution in [0.2, 0.25) is 0 Å². The third-order valence-corrected chi connectivity index (χ3v) is 5.28. The van der Waals surface area contributed by atoms with Gasteiger partial charge in [0.2, 0.25) is 0 Å². The molecule has 0 amide bonds. The van der Waals surface area contributed by atoms with Crippen molar-refractivity contribution in [2.24, 2.45) is 29.1 Å². The Labute approximate surface area is 163 Å². The molecule has 1 rings (SSSR count). The van der Waals surface area contributed by atoms with Gasteiger partial charge in [-0.25, -0.2) is 0 Å². The summed E-state index contributed by atoms with van der Waals surface area (Å²) in [6, 6.07) is 0. The minimum atomic E-state index is 0.490. The third kappa shape index (κ3) is 26.1. The van der Waals surface area contributed by atoms with Gasteiger partial charge in [0.1, 0.15) is 0 Å². The molecule has 0 aromatic rings. The van der Waals surface area contributed by atoms with Gasteiger partial charge in [-0.3, -0.25) is 0 Å². The van der Waals surface area contributed by atoms with Crippen molar-refractivity contribution in [2.75, 3.05) is 0 Å². The van der Waals surface area contributed by atoms with Crippen LogP contribution in [-0.4, -0.2) is 0 Å². The lowest BCUT2D eigenvalue weighted by molar-refractivity contribution is 0.217. The molecule has 0 heterocycles. The Kier molecular flexibility index (Phi) is 21.9. The summed E-state index contributed by atoms with van der Waals surface area (Å²) in [5.74, 6) is 3.57. The van der Waals surface area contributed by atoms with E-state index in [1.807, 2.05) is 6.92 Å². The number of rotatable bonds is 6. The molecule has 1 aliphatic carbocycles. The average Bonchev–Trinajstić information content (AvgIpc) is 3.37. The maximum atomic E-state index is 3.36. The zero-order chi connectivity index (χ0) is 20.5. The van der Waals surface area contributed by atoms with Crippen molar-refractivity contribution in [3.63, 3.8) is 0 Å². The molecule has 2 atom stereocenters. The van der Waals surface area contributed by atoms with E-state index in [4.69, 9.17) is 0 Å². The van der Waals surface area contributed by atoms with Crippen LogP contribution in [0.25, 0.3) is 0 Å². The van der Waals surface area contributed by atoms with Gasteiger partial charge in [0.25, 0.3) is 0 Å². The van der Waals surface area contributed by atoms with Crippen LogP contribution in [0.5, 0.6) is 0 Å². The molecule has 0 aromatic carbocycles. The van der Waals surface area contributed by atoms with Crippen molar-refractivity contribution in [1.82, 2.24) is 0 Å². The van der Waals surface area contributed by atoms with Crippen LogP contribution >= 0.6 is 0 Å². The Bertz CT molecular complexity index is 247. The molecule has 0 aliphatic heterocycles. The maximum absolute atomic E-state index is 3.36. The van der Waals surface area contributed by atoms with Crippen LogP contribution in [0.1, 0.15) is 121 Å². The summed E-state index contributed by atoms with van der Waals surface area (Å²) in [5.41, 5.74) is 0.490. The number of allylic oxidation sites excluding steroid dienone is 1. The molecule has 1 saturated carbocycles. The second-order valence-corrected chi connectivity index (χ2v) is 9.31. The molecular formula is C25H54. The van der Waals surface area contributed by atoms with Crippen molar-refractivity contribution in [3.05, 3.63) is 12.7 Å². The van der Waals surface area contributed by atoms with E-state index in [0.717, 1.165) is 23.7 Å². The zero-order valence-electron chi connectivity index (χ0n) is 20.0. The Morgan fingerprint density at radius 3 is 1.32 bits per heavy atom. The molecule has 0 N–H and O–H groups in total. The lowest BCUT2D eigenvalue weighted by Crippen LogP contribution is -2.19. The summed E-state index contributed by atoms with van der Waals surface area (Å²) < 4.78 is 0. The Hall–Kier alpha value is -0.260. The van der Waals surface area contributed by atoms with Gasteiger partial charge in [0.15, 0.2) is 0 Å². The van der Waals surface area contributed by atoms with E-state index in [-0.39, 0.29) is 0 Å². The molecule has 1 aliphatic rings. The smallest absolute Gasteiger partial charge is 0.0357 e. The Balaban J connectivity index is -0.000000298. The van der Waals surface area contributed by atoms with E-state index in [1.165, 1.54) is 44.9 Å². The van der Waals surface area contributed by atoms with Crippen LogP contribution in [0.3, 0.4) is 0 Å². The molecule has 25 heavy (non-hydrogen) atoms. The molecule has 2 unspecified atom stereocenters. The van der Waals surface area contributed by atoms with E-state index < -0.39 is 0 Å². The van der Waals surface area contributed by atoms with Crippen molar-refractivity contribution in [2.45, 2.75) is 121 Å². The highest BCUT2D eigenvalue weighted by molar-refractivity contribution is 4.71. The van der Waals surface area contributed by atoms with Gasteiger partial charge in [0.05, 0.1) is 0 Å². The molecule has 0 aromatic heterocycles. The zero-order valence-corrected chi connectivity index (χ0v) is 20.0. The van der Waals surface area contributed by atoms with Gasteiger partial charge >= 0.3 is 0 Å². The van der Waals surface area contributed by atoms with Crippen LogP contribution < -0.4 is 0 Å². The summed E-state index contributed by atoms with van der Waals surface area (Å²) >= 11 is 0. The molecule has 0 heteroatoms. The highest BCUT2D eigenvalue weighted by Gasteiger charge is 2.20. The summed E-state index contributed by atoms with van der Waals surface area (Å²) in [4.78, 5) is 0. The molecule has 0 radical (unpaired) electrons. The van der Waals surface area contributed by atoms with Crippen LogP contribution in [0.15, 0.2) is 12.7 Å². The second-order valence-electron chi connectivity index (χ2n) is 9.31. The lowest BCUT2D eigenvalue weighted by atomic mass is 9.77. The fourth-order valence-electron chi connectivity index (χ4n) is 2.36. The first-order chi connectivity index (χ1) is 11.5. The van der Waals surface area contributed by atoms with Gasteiger partial charge < -0.3 is 0 Å². The quantitative estimate of drug-likeness (QED) is 0.416. The lowest BCUT2D eigenvalue weighted by Gasteiger charge is -2.29. The van der Waals surface area contributed by atoms with Crippen LogP contribution in [0.4, 0.5) is 0 Å². The van der Waals surface area contributed by atoms with Crippen molar-refractivity contribution < 1.29 is 0 Å². The van der Waals surface area contributed by atoms with E-state index in [9.17, 15) is 0 Å². The minimum Gasteiger partial charge on any atom is -0.103 e. The van der Waals surface area contributed by atoms with Gasteiger partial charge in [0, 0.05) is 0 Å². The summed E-state index contributed by atoms with van der Waals surface area (Å²) in [5, 5.41) is 0. The topological polar surface area (TPSA) is 0 Å². The summed E-state index contributed by atoms with van der Waals surface area (Å²) in [6.45, 7) is 28.4. The monoisotopic (exact) mass is 354 g/mol. The predicted octanol–water partition coefficient (Wildman–Crippen LogP) is 9.55. The van der Waals surface area contributed by atoms with Crippen molar-refractivity contribution in [1.29, 1.82) is 0 Å². The SMILES string of the molecule is C1CC1.C=CC.CCC(C)CC(C)C(C)(C)C.CCC(CC)C(C)C. The van der Waals surface area contributed by atoms with Gasteiger partial charge in [-0.1, -0.05) is 114 Å². The first-order valence-corrected chi connectivity index (χ1v) is 11.1. The fourth-order valence-corrected chi connectivity index (χ4v) is 2.36. The first-order valence-electron chi connectivity index (χ1n) is 11.1. The highest BCUT2D eigenvalue weighted by Crippen LogP contribution is 2.31. The number of hydrogen-bond acceptors (Lipinski definition) is 0. The molecule has 0 spiro atoms. The van der Waals surface area contributed by atoms with E-state index >= 15 is 0 Å². The van der Waals surface area contributed by atoms with Crippen molar-refractivity contribution in [3.8, 4) is 0 Å². The molecule has 1 fully saturated rings. The third-order valence-electron chi connectivity index (χ3n) is 5.28. The van der Waals surface area contributed by atoms with E-state index in [1.54, 1.807) is 6.08 Å². The average molecular weight is 355 g/mol. The fraction of sp³-hybridized carbons (Fsp3) is 0.920. The molecular weight excluding hydrogens is 300 g/mol. The minimum absolute atomic E-state index is 0.490. The summed E-state index contributed by atoms with van der Waals surface area (Å²) in [6.07, 6.45) is 11.6. The predicted molar refractivity (Wildman–Crippen MR) is 121 cm³/mol. The molecule has 0 bridgehead atoms. The van der Waals surface area contributed by atoms with E-state index in [0.29, 0.717) is 5.41 Å². The van der Waals surface area contributed by atoms with Crippen LogP contribution in [0, 0.1) is 29.1 Å². The Morgan fingerprint density at radius 1 is 0.840 bits per heavy atom. The normalized spacial score (nSPS) is 14.9. The molecule has 0 saturated heterocycles. The number of hydrogen-bond donors (Lipinski definition) is 0. The largest absolute Gasteiger partial charge is 0.103 e. The Morgan fingerprint density at radius 2 is 1.20 bits per heavy atom. The van der Waals surface area contributed by atoms with Gasteiger partial charge in [-0.05, 0) is 42.4 Å². The second kappa shape index (κ2) is 18.5. The van der Waals surface area contributed by atoms with Gasteiger partial charge in [-0.2, -0.15) is 0 Å². The highest BCUT2D eigenvalue weighted by atomic mass is 14.3. The van der Waals surface area contributed by atoms with E-state index in [2.05, 4.69) is 75.8 Å². The summed E-state index contributed by atoms with van der Waals surface area (Å²) in [7, 11) is 0. The van der Waals surface area contributed by atoms with Crippen LogP contribution in [-0.2, 0) is 0 Å². The maximum Gasteiger partial charge on any atom is -0.0357 e. The first kappa shape index (κ1) is 29.5.